The van der Waals surface area contributed by atoms with Gasteiger partial charge in [-0.05, 0) is 37.1 Å². The smallest absolute Gasteiger partial charge is 0.185 e. The van der Waals surface area contributed by atoms with E-state index in [2.05, 4.69) is 0 Å². The molecule has 0 radical (unpaired) electrons. The average Bonchev–Trinajstić information content (AvgIpc) is 3.26. The van der Waals surface area contributed by atoms with Crippen LogP contribution in [0, 0.1) is 22.2 Å². The number of hydrogen-bond donors (Lipinski definition) is 1. The van der Waals surface area contributed by atoms with Crippen LogP contribution in [-0.2, 0) is 15.5 Å². The molecule has 0 bridgehead atoms. The summed E-state index contributed by atoms with van der Waals surface area (Å²) in [6.07, 6.45) is 1.22. The third-order valence-corrected chi connectivity index (χ3v) is 4.90. The molecule has 2 rings (SSSR count). The van der Waals surface area contributed by atoms with Crippen LogP contribution in [0.25, 0.3) is 0 Å². The summed E-state index contributed by atoms with van der Waals surface area (Å²) in [5.74, 6) is -1.30. The fraction of sp³-hybridized carbons (Fsp3) is 0.357. The molecule has 0 spiro atoms. The van der Waals surface area contributed by atoms with Gasteiger partial charge < -0.3 is 4.79 Å². The Morgan fingerprint density at radius 3 is 2.33 bits per heavy atom. The van der Waals surface area contributed by atoms with Gasteiger partial charge in [0.2, 0.25) is 0 Å². The number of halogens is 1. The lowest BCUT2D eigenvalue weighted by molar-refractivity contribution is -0.114. The molecule has 1 fully saturated rings. The van der Waals surface area contributed by atoms with Gasteiger partial charge in [0.15, 0.2) is 5.78 Å². The Hall–Kier alpha value is -1.71. The van der Waals surface area contributed by atoms with Crippen molar-refractivity contribution in [2.45, 2.75) is 12.8 Å². The van der Waals surface area contributed by atoms with Crippen molar-refractivity contribution in [3.63, 3.8) is 0 Å². The number of benzene rings is 1. The van der Waals surface area contributed by atoms with Crippen LogP contribution in [0.4, 0.5) is 0 Å². The first kappa shape index (κ1) is 15.7. The lowest BCUT2D eigenvalue weighted by atomic mass is 9.70. The maximum absolute atomic E-state index is 12.7. The van der Waals surface area contributed by atoms with E-state index in [0.717, 1.165) is 0 Å². The number of rotatable bonds is 6. The van der Waals surface area contributed by atoms with Crippen LogP contribution in [0.3, 0.4) is 0 Å². The number of Topliss-reactive ketones (excluding diaryl/α,β-unsaturated/α-hetero) is 1. The molecule has 0 aliphatic heterocycles. The minimum atomic E-state index is -2.98. The highest BCUT2D eigenvalue weighted by molar-refractivity contribution is 7.72. The van der Waals surface area contributed by atoms with Gasteiger partial charge in [-0.15, -0.1) is 0 Å². The zero-order chi connectivity index (χ0) is 15.7. The molecule has 21 heavy (non-hydrogen) atoms. The van der Waals surface area contributed by atoms with Crippen LogP contribution in [0.5, 0.6) is 0 Å². The van der Waals surface area contributed by atoms with Crippen LogP contribution in [-0.4, -0.2) is 26.2 Å². The lowest BCUT2D eigenvalue weighted by Crippen LogP contribution is -2.43. The van der Waals surface area contributed by atoms with Crippen LogP contribution >= 0.6 is 11.6 Å². The predicted octanol–water partition coefficient (Wildman–Crippen LogP) is 1.62. The van der Waals surface area contributed by atoms with Crippen molar-refractivity contribution in [2.75, 3.05) is 5.75 Å². The number of ketones is 1. The Balaban J connectivity index is 2.54. The number of carbonyl (C=O) groups excluding carboxylic acids is 2. The average molecular weight is 326 g/mol. The van der Waals surface area contributed by atoms with Crippen molar-refractivity contribution in [2.24, 2.45) is 10.8 Å². The zero-order valence-electron chi connectivity index (χ0n) is 10.9. The minimum absolute atomic E-state index is 0.172. The van der Waals surface area contributed by atoms with E-state index in [0.29, 0.717) is 24.2 Å². The van der Waals surface area contributed by atoms with E-state index >= 15 is 0 Å². The van der Waals surface area contributed by atoms with E-state index in [9.17, 15) is 23.3 Å². The van der Waals surface area contributed by atoms with Gasteiger partial charge in [0.1, 0.15) is 22.4 Å². The van der Waals surface area contributed by atoms with Crippen molar-refractivity contribution in [3.05, 3.63) is 34.9 Å². The number of thiol groups is 1. The largest absolute Gasteiger partial charge is 0.303 e. The molecule has 0 heterocycles. The number of aldehydes is 1. The second kappa shape index (κ2) is 5.58. The highest BCUT2D eigenvalue weighted by Gasteiger charge is 2.64. The summed E-state index contributed by atoms with van der Waals surface area (Å²) >= 11 is 5.75. The van der Waals surface area contributed by atoms with Crippen LogP contribution in [0.2, 0.25) is 5.02 Å². The molecule has 0 N–H and O–H groups in total. The van der Waals surface area contributed by atoms with Crippen LogP contribution in [0.15, 0.2) is 24.3 Å². The third-order valence-electron chi connectivity index (χ3n) is 3.92. The van der Waals surface area contributed by atoms with Gasteiger partial charge in [-0.3, -0.25) is 4.79 Å². The maximum atomic E-state index is 12.7. The Morgan fingerprint density at radius 2 is 1.95 bits per heavy atom. The summed E-state index contributed by atoms with van der Waals surface area (Å²) in [7, 11) is -2.98. The second-order valence-corrected chi connectivity index (χ2v) is 6.54. The molecule has 1 aromatic rings. The van der Waals surface area contributed by atoms with Crippen molar-refractivity contribution in [1.82, 2.24) is 0 Å². The van der Waals surface area contributed by atoms with Crippen molar-refractivity contribution in [1.29, 1.82) is 5.26 Å². The van der Waals surface area contributed by atoms with Gasteiger partial charge in [0.25, 0.3) is 0 Å². The number of hydrogen-bond acceptors (Lipinski definition) is 5. The van der Waals surface area contributed by atoms with Gasteiger partial charge in [-0.1, -0.05) is 11.6 Å². The molecule has 1 unspecified atom stereocenters. The van der Waals surface area contributed by atoms with Gasteiger partial charge in [0.05, 0.1) is 17.2 Å². The van der Waals surface area contributed by atoms with E-state index in [1.165, 1.54) is 24.3 Å². The number of carbonyl (C=O) groups is 2. The molecule has 1 aromatic carbocycles. The van der Waals surface area contributed by atoms with Crippen molar-refractivity contribution >= 4 is 34.4 Å². The standard InChI is InChI=1S/C14H12ClNO4S/c15-11-3-1-10(2-4-11)12(18)14(7-16,9-21(19)20)13(8-17)5-6-13/h1-4,8,21H,5-6,9H2. The summed E-state index contributed by atoms with van der Waals surface area (Å²) in [5, 5.41) is 9.91. The zero-order valence-corrected chi connectivity index (χ0v) is 12.6. The molecule has 5 nitrogen and oxygen atoms in total. The summed E-state index contributed by atoms with van der Waals surface area (Å²) in [6.45, 7) is 0. The molecule has 1 aliphatic carbocycles. The molecule has 1 aliphatic rings. The Morgan fingerprint density at radius 1 is 1.38 bits per heavy atom. The van der Waals surface area contributed by atoms with E-state index < -0.39 is 33.1 Å². The van der Waals surface area contributed by atoms with Gasteiger partial charge >= 0.3 is 0 Å². The lowest BCUT2D eigenvalue weighted by Gasteiger charge is -2.28. The summed E-state index contributed by atoms with van der Waals surface area (Å²) < 4.78 is 22.3. The van der Waals surface area contributed by atoms with Crippen LogP contribution in [0.1, 0.15) is 23.2 Å². The molecule has 1 atom stereocenters. The van der Waals surface area contributed by atoms with Gasteiger partial charge in [-0.25, -0.2) is 8.42 Å². The van der Waals surface area contributed by atoms with E-state index in [1.54, 1.807) is 0 Å². The Labute approximate surface area is 128 Å². The molecule has 0 aromatic heterocycles. The second-order valence-electron chi connectivity index (χ2n) is 5.12. The van der Waals surface area contributed by atoms with Crippen molar-refractivity contribution < 1.29 is 18.0 Å². The number of nitrogens with zero attached hydrogens (tertiary/aromatic N) is 1. The van der Waals surface area contributed by atoms with E-state index in [-0.39, 0.29) is 5.56 Å². The molecule has 110 valence electrons. The molecule has 0 saturated heterocycles. The monoisotopic (exact) mass is 325 g/mol. The molecular weight excluding hydrogens is 314 g/mol. The SMILES string of the molecule is N#CC(C[SH](=O)=O)(C(=O)c1ccc(Cl)cc1)C1(C=O)CC1. The summed E-state index contributed by atoms with van der Waals surface area (Å²) in [4.78, 5) is 24.0. The Kier molecular flexibility index (Phi) is 4.17. The number of nitriles is 1. The highest BCUT2D eigenvalue weighted by Crippen LogP contribution is 2.58. The molecular formula is C14H12ClNO4S. The predicted molar refractivity (Wildman–Crippen MR) is 76.7 cm³/mol. The van der Waals surface area contributed by atoms with E-state index in [1.807, 2.05) is 6.07 Å². The first-order chi connectivity index (χ1) is 9.90. The van der Waals surface area contributed by atoms with E-state index in [4.69, 9.17) is 11.6 Å². The summed E-state index contributed by atoms with van der Waals surface area (Å²) in [6, 6.07) is 7.63. The molecule has 7 heteroatoms. The highest BCUT2D eigenvalue weighted by atomic mass is 35.5. The first-order valence-corrected chi connectivity index (χ1v) is 7.95. The normalized spacial score (nSPS) is 18.5. The van der Waals surface area contributed by atoms with Gasteiger partial charge in [0, 0.05) is 10.6 Å². The topological polar surface area (TPSA) is 92.1 Å². The van der Waals surface area contributed by atoms with Gasteiger partial charge in [-0.2, -0.15) is 5.26 Å². The third kappa shape index (κ3) is 2.59. The Bertz CT molecular complexity index is 693. The fourth-order valence-corrected chi connectivity index (χ4v) is 3.52. The fourth-order valence-electron chi connectivity index (χ4n) is 2.47. The van der Waals surface area contributed by atoms with Crippen LogP contribution < -0.4 is 0 Å². The molecule has 0 amide bonds. The molecule has 1 saturated carbocycles. The first-order valence-electron chi connectivity index (χ1n) is 6.20. The quantitative estimate of drug-likeness (QED) is 0.487. The maximum Gasteiger partial charge on any atom is 0.185 e. The minimum Gasteiger partial charge on any atom is -0.303 e. The van der Waals surface area contributed by atoms with Crippen molar-refractivity contribution in [3.8, 4) is 6.07 Å². The summed E-state index contributed by atoms with van der Waals surface area (Å²) in [5.41, 5.74) is -2.89.